The molecule has 156 valence electrons. The Kier molecular flexibility index (Phi) is 4.60. The van der Waals surface area contributed by atoms with Crippen LogP contribution in [0.15, 0.2) is 77.5 Å². The molecule has 0 bridgehead atoms. The van der Waals surface area contributed by atoms with Crippen LogP contribution in [0.3, 0.4) is 0 Å². The molecule has 0 unspecified atom stereocenters. The third kappa shape index (κ3) is 3.54. The topological polar surface area (TPSA) is 141 Å². The highest BCUT2D eigenvalue weighted by Gasteiger charge is 2.18. The Labute approximate surface area is 179 Å². The zero-order chi connectivity index (χ0) is 22.1. The van der Waals surface area contributed by atoms with E-state index in [0.29, 0.717) is 22.9 Å². The number of fused-ring (bicyclic) bond motifs is 1. The molecule has 1 amide bonds. The number of furan rings is 1. The quantitative estimate of drug-likeness (QED) is 0.331. The van der Waals surface area contributed by atoms with Crippen LogP contribution < -0.4 is 5.32 Å². The molecule has 0 aliphatic carbocycles. The van der Waals surface area contributed by atoms with Gasteiger partial charge in [0.1, 0.15) is 4.92 Å². The first-order chi connectivity index (χ1) is 15.6. The molecular weight excluding hydrogens is 414 g/mol. The molecule has 4 heterocycles. The molecule has 0 aliphatic heterocycles. The number of hydrogen-bond acceptors (Lipinski definition) is 8. The number of benzene rings is 1. The number of carbonyl (C=O) groups excluding carboxylic acids is 1. The van der Waals surface area contributed by atoms with E-state index in [1.54, 1.807) is 53.3 Å². The van der Waals surface area contributed by atoms with Crippen molar-refractivity contribution in [2.45, 2.75) is 0 Å². The Morgan fingerprint density at radius 2 is 1.91 bits per heavy atom. The fourth-order valence-corrected chi connectivity index (χ4v) is 3.11. The van der Waals surface area contributed by atoms with E-state index in [-0.39, 0.29) is 5.76 Å². The van der Waals surface area contributed by atoms with E-state index in [1.165, 1.54) is 6.07 Å². The van der Waals surface area contributed by atoms with Gasteiger partial charge in [-0.25, -0.2) is 0 Å². The number of aromatic nitrogens is 5. The lowest BCUT2D eigenvalue weighted by Gasteiger charge is -2.07. The van der Waals surface area contributed by atoms with Crippen molar-refractivity contribution in [1.82, 2.24) is 24.8 Å². The maximum Gasteiger partial charge on any atom is 0.433 e. The van der Waals surface area contributed by atoms with Gasteiger partial charge in [0.15, 0.2) is 17.2 Å². The number of amides is 1. The van der Waals surface area contributed by atoms with Crippen molar-refractivity contribution in [2.75, 3.05) is 5.32 Å². The normalized spacial score (nSPS) is 10.9. The molecule has 0 saturated heterocycles. The summed E-state index contributed by atoms with van der Waals surface area (Å²) in [4.78, 5) is 26.5. The first kappa shape index (κ1) is 19.1. The predicted octanol–water partition coefficient (Wildman–Crippen LogP) is 3.61. The summed E-state index contributed by atoms with van der Waals surface area (Å²) >= 11 is 0. The third-order valence-electron chi connectivity index (χ3n) is 4.59. The molecule has 4 aromatic heterocycles. The molecule has 0 spiro atoms. The lowest BCUT2D eigenvalue weighted by Crippen LogP contribution is -2.10. The molecule has 1 aromatic carbocycles. The van der Waals surface area contributed by atoms with E-state index >= 15 is 0 Å². The smallest absolute Gasteiger partial charge is 0.395 e. The van der Waals surface area contributed by atoms with Gasteiger partial charge in [0.2, 0.25) is 0 Å². The lowest BCUT2D eigenvalue weighted by molar-refractivity contribution is -0.402. The molecule has 11 heteroatoms. The van der Waals surface area contributed by atoms with Gasteiger partial charge in [-0.15, -0.1) is 10.2 Å². The second-order valence-corrected chi connectivity index (χ2v) is 6.68. The minimum Gasteiger partial charge on any atom is -0.395 e. The number of rotatable bonds is 5. The summed E-state index contributed by atoms with van der Waals surface area (Å²) in [6, 6.07) is 16.7. The van der Waals surface area contributed by atoms with Crippen molar-refractivity contribution in [1.29, 1.82) is 0 Å². The Hall–Kier alpha value is -4.93. The standard InChI is InChI=1S/C21H13N7O4/c29-21(17-7-9-19(32-17)28(30)31)23-15-5-1-3-13(11-15)16-6-8-18-24-25-20(27(18)26-16)14-4-2-10-22-12-14/h1-12H,(H,23,29). The van der Waals surface area contributed by atoms with Crippen molar-refractivity contribution in [3.63, 3.8) is 0 Å². The van der Waals surface area contributed by atoms with Crippen LogP contribution >= 0.6 is 0 Å². The number of hydrogen-bond donors (Lipinski definition) is 1. The van der Waals surface area contributed by atoms with Gasteiger partial charge < -0.3 is 9.73 Å². The molecule has 11 nitrogen and oxygen atoms in total. The molecule has 32 heavy (non-hydrogen) atoms. The van der Waals surface area contributed by atoms with Crippen LogP contribution in [0.2, 0.25) is 0 Å². The van der Waals surface area contributed by atoms with Gasteiger partial charge in [0, 0.05) is 29.2 Å². The maximum atomic E-state index is 12.4. The van der Waals surface area contributed by atoms with Crippen LogP contribution in [0.1, 0.15) is 10.6 Å². The average molecular weight is 427 g/mol. The Balaban J connectivity index is 1.45. The Morgan fingerprint density at radius 3 is 2.69 bits per heavy atom. The van der Waals surface area contributed by atoms with Crippen molar-refractivity contribution < 1.29 is 14.1 Å². The van der Waals surface area contributed by atoms with Crippen LogP contribution in [0.5, 0.6) is 0 Å². The number of nitrogens with one attached hydrogen (secondary N) is 1. The highest BCUT2D eigenvalue weighted by atomic mass is 16.6. The van der Waals surface area contributed by atoms with Gasteiger partial charge in [0.25, 0.3) is 5.91 Å². The second kappa shape index (κ2) is 7.72. The maximum absolute atomic E-state index is 12.4. The molecule has 5 rings (SSSR count). The predicted molar refractivity (Wildman–Crippen MR) is 113 cm³/mol. The first-order valence-corrected chi connectivity index (χ1v) is 9.37. The molecule has 0 fully saturated rings. The van der Waals surface area contributed by atoms with E-state index in [1.807, 2.05) is 12.1 Å². The summed E-state index contributed by atoms with van der Waals surface area (Å²) in [5, 5.41) is 26.4. The SMILES string of the molecule is O=C(Nc1cccc(-c2ccc3nnc(-c4cccnc4)n3n2)c1)c1ccc([N+](=O)[O-])o1. The molecule has 0 saturated carbocycles. The van der Waals surface area contributed by atoms with E-state index in [0.717, 1.165) is 17.2 Å². The summed E-state index contributed by atoms with van der Waals surface area (Å²) < 4.78 is 6.57. The van der Waals surface area contributed by atoms with Crippen LogP contribution in [-0.4, -0.2) is 35.6 Å². The zero-order valence-electron chi connectivity index (χ0n) is 16.2. The van der Waals surface area contributed by atoms with E-state index < -0.39 is 16.7 Å². The monoisotopic (exact) mass is 427 g/mol. The fraction of sp³-hybridized carbons (Fsp3) is 0. The van der Waals surface area contributed by atoms with E-state index in [9.17, 15) is 14.9 Å². The van der Waals surface area contributed by atoms with Crippen molar-refractivity contribution in [3.05, 3.63) is 88.9 Å². The highest BCUT2D eigenvalue weighted by molar-refractivity contribution is 6.02. The lowest BCUT2D eigenvalue weighted by atomic mass is 10.1. The van der Waals surface area contributed by atoms with E-state index in [2.05, 4.69) is 25.6 Å². The molecule has 1 N–H and O–H groups in total. The molecular formula is C21H13N7O4. The molecule has 0 radical (unpaired) electrons. The van der Waals surface area contributed by atoms with Gasteiger partial charge in [0.05, 0.1) is 11.8 Å². The molecule has 0 aliphatic rings. The summed E-state index contributed by atoms with van der Waals surface area (Å²) in [6.07, 6.45) is 3.35. The average Bonchev–Trinajstić information content (AvgIpc) is 3.47. The minimum absolute atomic E-state index is 0.160. The third-order valence-corrected chi connectivity index (χ3v) is 4.59. The van der Waals surface area contributed by atoms with Gasteiger partial charge in [-0.3, -0.25) is 19.9 Å². The number of pyridine rings is 1. The summed E-state index contributed by atoms with van der Waals surface area (Å²) in [7, 11) is 0. The van der Waals surface area contributed by atoms with Gasteiger partial charge in [-0.05, 0) is 42.5 Å². The van der Waals surface area contributed by atoms with Crippen molar-refractivity contribution >= 4 is 23.1 Å². The van der Waals surface area contributed by atoms with Crippen LogP contribution in [0.25, 0.3) is 28.3 Å². The van der Waals surface area contributed by atoms with Crippen molar-refractivity contribution in [3.8, 4) is 22.6 Å². The molecule has 0 atom stereocenters. The van der Waals surface area contributed by atoms with Gasteiger partial charge >= 0.3 is 5.88 Å². The number of nitro groups is 1. The highest BCUT2D eigenvalue weighted by Crippen LogP contribution is 2.24. The minimum atomic E-state index is -0.704. The number of anilines is 1. The summed E-state index contributed by atoms with van der Waals surface area (Å²) in [6.45, 7) is 0. The molecule has 5 aromatic rings. The number of nitrogens with zero attached hydrogens (tertiary/aromatic N) is 6. The van der Waals surface area contributed by atoms with Gasteiger partial charge in [-0.1, -0.05) is 12.1 Å². The largest absolute Gasteiger partial charge is 0.433 e. The van der Waals surface area contributed by atoms with Crippen LogP contribution in [0, 0.1) is 10.1 Å². The first-order valence-electron chi connectivity index (χ1n) is 9.37. The number of carbonyl (C=O) groups is 1. The van der Waals surface area contributed by atoms with E-state index in [4.69, 9.17) is 4.42 Å². The summed E-state index contributed by atoms with van der Waals surface area (Å²) in [5.41, 5.74) is 3.20. The Morgan fingerprint density at radius 1 is 1.03 bits per heavy atom. The van der Waals surface area contributed by atoms with Gasteiger partial charge in [-0.2, -0.15) is 9.61 Å². The zero-order valence-corrected chi connectivity index (χ0v) is 16.2. The summed E-state index contributed by atoms with van der Waals surface area (Å²) in [5.74, 6) is -0.706. The Bertz CT molecular complexity index is 1460. The van der Waals surface area contributed by atoms with Crippen LogP contribution in [0.4, 0.5) is 11.6 Å². The van der Waals surface area contributed by atoms with Crippen molar-refractivity contribution in [2.24, 2.45) is 0 Å². The fourth-order valence-electron chi connectivity index (χ4n) is 3.11. The second-order valence-electron chi connectivity index (χ2n) is 6.68. The van der Waals surface area contributed by atoms with Crippen LogP contribution in [-0.2, 0) is 0 Å².